The minimum Gasteiger partial charge on any atom is -0.352 e. The molecule has 5 nitrogen and oxygen atoms in total. The summed E-state index contributed by atoms with van der Waals surface area (Å²) in [7, 11) is -3.28. The second kappa shape index (κ2) is 9.85. The maximum atomic E-state index is 12.5. The lowest BCUT2D eigenvalue weighted by molar-refractivity contribution is 0.0953. The van der Waals surface area contributed by atoms with Gasteiger partial charge in [0.1, 0.15) is 0 Å². The number of piperidine rings is 1. The normalized spacial score (nSPS) is 15.3. The molecule has 2 aromatic rings. The second-order valence-corrected chi connectivity index (χ2v) is 9.23. The van der Waals surface area contributed by atoms with Crippen LogP contribution in [0.25, 0.3) is 0 Å². The van der Waals surface area contributed by atoms with Gasteiger partial charge in [0.05, 0.1) is 5.75 Å². The van der Waals surface area contributed by atoms with Crippen LogP contribution in [0.2, 0.25) is 0 Å². The first-order chi connectivity index (χ1) is 13.5. The molecule has 0 aliphatic carbocycles. The van der Waals surface area contributed by atoms with Gasteiger partial charge in [-0.2, -0.15) is 0 Å². The van der Waals surface area contributed by atoms with E-state index in [9.17, 15) is 13.2 Å². The van der Waals surface area contributed by atoms with Crippen molar-refractivity contribution in [1.29, 1.82) is 0 Å². The Morgan fingerprint density at radius 1 is 0.893 bits per heavy atom. The lowest BCUT2D eigenvalue weighted by Gasteiger charge is -2.25. The van der Waals surface area contributed by atoms with Crippen molar-refractivity contribution in [2.24, 2.45) is 0 Å². The molecule has 0 radical (unpaired) electrons. The van der Waals surface area contributed by atoms with Crippen LogP contribution in [0, 0.1) is 0 Å². The van der Waals surface area contributed by atoms with Gasteiger partial charge >= 0.3 is 0 Å². The maximum Gasteiger partial charge on any atom is 0.251 e. The van der Waals surface area contributed by atoms with E-state index < -0.39 is 10.0 Å². The topological polar surface area (TPSA) is 66.5 Å². The number of carbonyl (C=O) groups is 1. The first-order valence-corrected chi connectivity index (χ1v) is 11.5. The van der Waals surface area contributed by atoms with Gasteiger partial charge in [-0.15, -0.1) is 0 Å². The number of hydrogen-bond acceptors (Lipinski definition) is 3. The Labute approximate surface area is 167 Å². The van der Waals surface area contributed by atoms with E-state index in [0.717, 1.165) is 32.1 Å². The average molecular weight is 401 g/mol. The fourth-order valence-corrected chi connectivity index (χ4v) is 5.05. The maximum absolute atomic E-state index is 12.5. The molecule has 0 spiro atoms. The standard InChI is InChI=1S/C22H28N2O3S/c25-22(23-15-7-10-19-8-3-1-4-9-19)21-13-11-20(12-14-21)18-28(26,27)24-16-5-2-6-17-24/h1,3-4,8-9,11-14H,2,5-7,10,15-18H2,(H,23,25). The molecule has 6 heteroatoms. The first-order valence-electron chi connectivity index (χ1n) is 9.93. The van der Waals surface area contributed by atoms with Crippen LogP contribution in [0.3, 0.4) is 0 Å². The highest BCUT2D eigenvalue weighted by Gasteiger charge is 2.24. The third-order valence-corrected chi connectivity index (χ3v) is 6.89. The molecule has 0 atom stereocenters. The summed E-state index contributed by atoms with van der Waals surface area (Å²) in [5, 5.41) is 2.92. The zero-order valence-electron chi connectivity index (χ0n) is 16.1. The van der Waals surface area contributed by atoms with Crippen LogP contribution < -0.4 is 5.32 Å². The summed E-state index contributed by atoms with van der Waals surface area (Å²) in [6, 6.07) is 17.1. The fraction of sp³-hybridized carbons (Fsp3) is 0.409. The number of carbonyl (C=O) groups excluding carboxylic acids is 1. The Hall–Kier alpha value is -2.18. The summed E-state index contributed by atoms with van der Waals surface area (Å²) < 4.78 is 26.6. The van der Waals surface area contributed by atoms with Crippen molar-refractivity contribution < 1.29 is 13.2 Å². The van der Waals surface area contributed by atoms with Gasteiger partial charge in [0.15, 0.2) is 0 Å². The highest BCUT2D eigenvalue weighted by molar-refractivity contribution is 7.88. The first kappa shape index (κ1) is 20.6. The number of sulfonamides is 1. The number of rotatable bonds is 8. The summed E-state index contributed by atoms with van der Waals surface area (Å²) in [6.07, 6.45) is 4.77. The molecular weight excluding hydrogens is 372 g/mol. The molecule has 0 aromatic heterocycles. The van der Waals surface area contributed by atoms with Crippen molar-refractivity contribution in [2.75, 3.05) is 19.6 Å². The Bertz CT molecular complexity index is 858. The van der Waals surface area contributed by atoms with Gasteiger partial charge in [-0.3, -0.25) is 4.79 Å². The number of benzene rings is 2. The number of nitrogens with zero attached hydrogens (tertiary/aromatic N) is 1. The minimum atomic E-state index is -3.28. The van der Waals surface area contributed by atoms with Gasteiger partial charge in [0.25, 0.3) is 5.91 Å². The van der Waals surface area contributed by atoms with Crippen LogP contribution in [0.4, 0.5) is 0 Å². The number of amides is 1. The number of nitrogens with one attached hydrogen (secondary N) is 1. The summed E-state index contributed by atoms with van der Waals surface area (Å²) >= 11 is 0. The van der Waals surface area contributed by atoms with E-state index in [2.05, 4.69) is 17.4 Å². The van der Waals surface area contributed by atoms with Crippen molar-refractivity contribution >= 4 is 15.9 Å². The highest BCUT2D eigenvalue weighted by Crippen LogP contribution is 2.17. The Kier molecular flexibility index (Phi) is 7.23. The van der Waals surface area contributed by atoms with Crippen molar-refractivity contribution in [3.63, 3.8) is 0 Å². The third-order valence-electron chi connectivity index (χ3n) is 5.04. The van der Waals surface area contributed by atoms with E-state index in [1.807, 2.05) is 18.2 Å². The van der Waals surface area contributed by atoms with Gasteiger partial charge in [0, 0.05) is 25.2 Å². The lowest BCUT2D eigenvalue weighted by atomic mass is 10.1. The van der Waals surface area contributed by atoms with E-state index in [1.54, 1.807) is 28.6 Å². The molecule has 0 saturated carbocycles. The van der Waals surface area contributed by atoms with E-state index in [0.29, 0.717) is 30.8 Å². The number of hydrogen-bond donors (Lipinski definition) is 1. The molecule has 0 unspecified atom stereocenters. The Morgan fingerprint density at radius 2 is 1.57 bits per heavy atom. The van der Waals surface area contributed by atoms with Crippen LogP contribution in [0.15, 0.2) is 54.6 Å². The zero-order chi connectivity index (χ0) is 19.8. The van der Waals surface area contributed by atoms with Gasteiger partial charge in [-0.05, 0) is 48.9 Å². The van der Waals surface area contributed by atoms with E-state index >= 15 is 0 Å². The zero-order valence-corrected chi connectivity index (χ0v) is 17.0. The Balaban J connectivity index is 1.47. The van der Waals surface area contributed by atoms with Crippen molar-refractivity contribution in [1.82, 2.24) is 9.62 Å². The molecule has 3 rings (SSSR count). The SMILES string of the molecule is O=C(NCCCc1ccccc1)c1ccc(CS(=O)(=O)N2CCCCC2)cc1. The van der Waals surface area contributed by atoms with Crippen LogP contribution in [0.1, 0.15) is 47.2 Å². The van der Waals surface area contributed by atoms with Crippen molar-refractivity contribution in [2.45, 2.75) is 37.9 Å². The average Bonchev–Trinajstić information content (AvgIpc) is 2.73. The van der Waals surface area contributed by atoms with Crippen LogP contribution in [0.5, 0.6) is 0 Å². The van der Waals surface area contributed by atoms with Gasteiger partial charge in [0.2, 0.25) is 10.0 Å². The lowest BCUT2D eigenvalue weighted by Crippen LogP contribution is -2.36. The predicted octanol–water partition coefficient (Wildman–Crippen LogP) is 3.36. The molecule has 1 aliphatic heterocycles. The molecule has 1 fully saturated rings. The Morgan fingerprint density at radius 3 is 2.25 bits per heavy atom. The van der Waals surface area contributed by atoms with Crippen LogP contribution >= 0.6 is 0 Å². The molecule has 1 heterocycles. The second-order valence-electron chi connectivity index (χ2n) is 7.26. The van der Waals surface area contributed by atoms with E-state index in [1.165, 1.54) is 5.56 Å². The minimum absolute atomic E-state index is 0.00796. The van der Waals surface area contributed by atoms with Crippen molar-refractivity contribution in [3.8, 4) is 0 Å². The largest absolute Gasteiger partial charge is 0.352 e. The molecular formula is C22H28N2O3S. The smallest absolute Gasteiger partial charge is 0.251 e. The molecule has 1 saturated heterocycles. The van der Waals surface area contributed by atoms with Gasteiger partial charge < -0.3 is 5.32 Å². The molecule has 1 N–H and O–H groups in total. The highest BCUT2D eigenvalue weighted by atomic mass is 32.2. The summed E-state index contributed by atoms with van der Waals surface area (Å²) in [6.45, 7) is 1.84. The quantitative estimate of drug-likeness (QED) is 0.691. The summed E-state index contributed by atoms with van der Waals surface area (Å²) in [5.41, 5.74) is 2.53. The molecule has 2 aromatic carbocycles. The number of aryl methyl sites for hydroxylation is 1. The van der Waals surface area contributed by atoms with Gasteiger partial charge in [-0.25, -0.2) is 12.7 Å². The monoisotopic (exact) mass is 400 g/mol. The van der Waals surface area contributed by atoms with Crippen molar-refractivity contribution in [3.05, 3.63) is 71.3 Å². The predicted molar refractivity (Wildman–Crippen MR) is 112 cm³/mol. The molecule has 1 amide bonds. The fourth-order valence-electron chi connectivity index (χ4n) is 3.44. The van der Waals surface area contributed by atoms with Crippen LogP contribution in [-0.2, 0) is 22.2 Å². The molecule has 28 heavy (non-hydrogen) atoms. The molecule has 1 aliphatic rings. The van der Waals surface area contributed by atoms with Crippen LogP contribution in [-0.4, -0.2) is 38.3 Å². The van der Waals surface area contributed by atoms with E-state index in [4.69, 9.17) is 0 Å². The summed E-state index contributed by atoms with van der Waals surface area (Å²) in [5.74, 6) is -0.134. The summed E-state index contributed by atoms with van der Waals surface area (Å²) in [4.78, 5) is 12.3. The van der Waals surface area contributed by atoms with E-state index in [-0.39, 0.29) is 11.7 Å². The van der Waals surface area contributed by atoms with Gasteiger partial charge in [-0.1, -0.05) is 48.9 Å². The third kappa shape index (κ3) is 5.91. The molecule has 0 bridgehead atoms. The molecule has 150 valence electrons.